The average molecular weight is 339 g/mol. The Bertz CT molecular complexity index is 900. The predicted octanol–water partition coefficient (Wildman–Crippen LogP) is 2.00. The molecule has 3 fully saturated rings. The Morgan fingerprint density at radius 2 is 2.00 bits per heavy atom. The highest BCUT2D eigenvalue weighted by Crippen LogP contribution is 2.60. The monoisotopic (exact) mass is 339 g/mol. The molecule has 2 aliphatic carbocycles. The molecule has 6 nitrogen and oxygen atoms in total. The molecule has 2 heterocycles. The molecule has 2 N–H and O–H groups in total. The molecule has 1 spiro atoms. The molecule has 6 heteroatoms. The molecule has 1 amide bonds. The molecule has 1 saturated heterocycles. The van der Waals surface area contributed by atoms with E-state index in [0.717, 1.165) is 25.9 Å². The number of benzene rings is 1. The Balaban J connectivity index is 1.48. The standard InChI is InChI=1S/C19H21N3O3/c23-17-12-6-2-1-5-11(12)14(21-22-17)18(24)20-15-13-7-10-25-16(13)19(15)8-3-4-9-19/h1-2,5-6,13,15-16H,3-4,7-10H2,(H,20,24)(H,22,23). The first kappa shape index (κ1) is 15.1. The van der Waals surface area contributed by atoms with Gasteiger partial charge in [0, 0.05) is 29.4 Å². The van der Waals surface area contributed by atoms with E-state index in [0.29, 0.717) is 28.5 Å². The summed E-state index contributed by atoms with van der Waals surface area (Å²) in [6.45, 7) is 0.795. The molecule has 3 unspecified atom stereocenters. The fourth-order valence-electron chi connectivity index (χ4n) is 5.40. The lowest BCUT2D eigenvalue weighted by Gasteiger charge is -2.56. The minimum absolute atomic E-state index is 0.106. The van der Waals surface area contributed by atoms with Crippen LogP contribution in [0.4, 0.5) is 0 Å². The summed E-state index contributed by atoms with van der Waals surface area (Å²) in [5.74, 6) is 0.213. The Hall–Kier alpha value is -2.21. The number of carbonyl (C=O) groups excluding carboxylic acids is 1. The Morgan fingerprint density at radius 3 is 2.80 bits per heavy atom. The van der Waals surface area contributed by atoms with E-state index in [1.165, 1.54) is 12.8 Å². The van der Waals surface area contributed by atoms with Crippen LogP contribution in [0.2, 0.25) is 0 Å². The van der Waals surface area contributed by atoms with Gasteiger partial charge in [-0.2, -0.15) is 5.10 Å². The second-order valence-corrected chi connectivity index (χ2v) is 7.58. The third-order valence-corrected chi connectivity index (χ3v) is 6.48. The van der Waals surface area contributed by atoms with E-state index in [1.54, 1.807) is 18.2 Å². The lowest BCUT2D eigenvalue weighted by atomic mass is 9.54. The number of H-pyrrole nitrogens is 1. The fourth-order valence-corrected chi connectivity index (χ4v) is 5.40. The molecule has 0 bridgehead atoms. The lowest BCUT2D eigenvalue weighted by Crippen LogP contribution is -2.68. The third kappa shape index (κ3) is 2.03. The maximum Gasteiger partial charge on any atom is 0.272 e. The average Bonchev–Trinajstić information content (AvgIpc) is 3.29. The summed E-state index contributed by atoms with van der Waals surface area (Å²) in [6, 6.07) is 7.26. The van der Waals surface area contributed by atoms with Gasteiger partial charge in [-0.1, -0.05) is 31.0 Å². The Morgan fingerprint density at radius 1 is 1.24 bits per heavy atom. The van der Waals surface area contributed by atoms with Crippen LogP contribution in [0.1, 0.15) is 42.6 Å². The van der Waals surface area contributed by atoms with Crippen LogP contribution in [0, 0.1) is 11.3 Å². The van der Waals surface area contributed by atoms with Gasteiger partial charge >= 0.3 is 0 Å². The van der Waals surface area contributed by atoms with Crippen LogP contribution >= 0.6 is 0 Å². The van der Waals surface area contributed by atoms with Crippen molar-refractivity contribution in [1.82, 2.24) is 15.5 Å². The molecule has 1 aromatic heterocycles. The van der Waals surface area contributed by atoms with Crippen molar-refractivity contribution in [3.05, 3.63) is 40.3 Å². The number of nitrogens with one attached hydrogen (secondary N) is 2. The van der Waals surface area contributed by atoms with Crippen molar-refractivity contribution in [1.29, 1.82) is 0 Å². The first-order valence-corrected chi connectivity index (χ1v) is 9.11. The second kappa shape index (κ2) is 5.39. The SMILES string of the molecule is O=C(NC1C2CCOC2C12CCCC2)c1n[nH]c(=O)c2ccccc12. The van der Waals surface area contributed by atoms with Gasteiger partial charge in [0.15, 0.2) is 5.69 Å². The van der Waals surface area contributed by atoms with E-state index in [-0.39, 0.29) is 22.9 Å². The molecule has 2 aromatic rings. The van der Waals surface area contributed by atoms with Gasteiger partial charge in [0.25, 0.3) is 11.5 Å². The Kier molecular flexibility index (Phi) is 3.25. The van der Waals surface area contributed by atoms with Gasteiger partial charge in [-0.15, -0.1) is 0 Å². The van der Waals surface area contributed by atoms with Crippen LogP contribution in [-0.4, -0.2) is 34.9 Å². The van der Waals surface area contributed by atoms with Crippen LogP contribution in [0.3, 0.4) is 0 Å². The summed E-state index contributed by atoms with van der Waals surface area (Å²) in [7, 11) is 0. The quantitative estimate of drug-likeness (QED) is 0.876. The maximum absolute atomic E-state index is 13.0. The van der Waals surface area contributed by atoms with Crippen molar-refractivity contribution >= 4 is 16.7 Å². The summed E-state index contributed by atoms with van der Waals surface area (Å²) >= 11 is 0. The molecule has 1 aliphatic heterocycles. The zero-order valence-corrected chi connectivity index (χ0v) is 14.0. The molecular weight excluding hydrogens is 318 g/mol. The van der Waals surface area contributed by atoms with Gasteiger partial charge < -0.3 is 10.1 Å². The highest BCUT2D eigenvalue weighted by atomic mass is 16.5. The summed E-state index contributed by atoms with van der Waals surface area (Å²) in [5.41, 5.74) is 0.132. The molecule has 0 radical (unpaired) electrons. The number of aromatic amines is 1. The van der Waals surface area contributed by atoms with E-state index < -0.39 is 0 Å². The number of hydrogen-bond donors (Lipinski definition) is 2. The fraction of sp³-hybridized carbons (Fsp3) is 0.526. The lowest BCUT2D eigenvalue weighted by molar-refractivity contribution is -0.126. The van der Waals surface area contributed by atoms with Crippen LogP contribution in [0.15, 0.2) is 29.1 Å². The summed E-state index contributed by atoms with van der Waals surface area (Å²) in [4.78, 5) is 24.9. The molecule has 1 aromatic carbocycles. The van der Waals surface area contributed by atoms with E-state index in [1.807, 2.05) is 6.07 Å². The van der Waals surface area contributed by atoms with Crippen LogP contribution in [0.25, 0.3) is 10.8 Å². The van der Waals surface area contributed by atoms with Gasteiger partial charge in [0.2, 0.25) is 0 Å². The number of fused-ring (bicyclic) bond motifs is 3. The molecule has 25 heavy (non-hydrogen) atoms. The summed E-state index contributed by atoms with van der Waals surface area (Å²) in [6.07, 6.45) is 5.98. The number of amides is 1. The number of ether oxygens (including phenoxy) is 1. The molecular formula is C19H21N3O3. The van der Waals surface area contributed by atoms with Gasteiger partial charge in [-0.3, -0.25) is 9.59 Å². The number of aromatic nitrogens is 2. The highest BCUT2D eigenvalue weighted by molar-refractivity contribution is 6.04. The smallest absolute Gasteiger partial charge is 0.272 e. The van der Waals surface area contributed by atoms with Crippen molar-refractivity contribution < 1.29 is 9.53 Å². The van der Waals surface area contributed by atoms with Gasteiger partial charge in [-0.05, 0) is 25.3 Å². The van der Waals surface area contributed by atoms with Crippen molar-refractivity contribution in [2.45, 2.75) is 44.2 Å². The largest absolute Gasteiger partial charge is 0.377 e. The van der Waals surface area contributed by atoms with Crippen molar-refractivity contribution in [2.24, 2.45) is 11.3 Å². The topological polar surface area (TPSA) is 84.1 Å². The number of rotatable bonds is 2. The van der Waals surface area contributed by atoms with Crippen molar-refractivity contribution in [2.75, 3.05) is 6.61 Å². The van der Waals surface area contributed by atoms with E-state index in [9.17, 15) is 9.59 Å². The van der Waals surface area contributed by atoms with Gasteiger partial charge in [-0.25, -0.2) is 5.10 Å². The zero-order valence-electron chi connectivity index (χ0n) is 14.0. The van der Waals surface area contributed by atoms with Crippen LogP contribution in [-0.2, 0) is 4.74 Å². The maximum atomic E-state index is 13.0. The second-order valence-electron chi connectivity index (χ2n) is 7.58. The first-order chi connectivity index (χ1) is 12.2. The minimum Gasteiger partial charge on any atom is -0.377 e. The first-order valence-electron chi connectivity index (χ1n) is 9.11. The molecule has 130 valence electrons. The molecule has 3 atom stereocenters. The van der Waals surface area contributed by atoms with E-state index >= 15 is 0 Å². The summed E-state index contributed by atoms with van der Waals surface area (Å²) < 4.78 is 5.98. The minimum atomic E-state index is -0.271. The molecule has 3 aliphatic rings. The van der Waals surface area contributed by atoms with Crippen LogP contribution < -0.4 is 10.9 Å². The Labute approximate surface area is 145 Å². The number of carbonyl (C=O) groups is 1. The number of hydrogen-bond acceptors (Lipinski definition) is 4. The predicted molar refractivity (Wildman–Crippen MR) is 92.4 cm³/mol. The zero-order chi connectivity index (χ0) is 17.0. The van der Waals surface area contributed by atoms with E-state index in [2.05, 4.69) is 15.5 Å². The van der Waals surface area contributed by atoms with Crippen molar-refractivity contribution in [3.63, 3.8) is 0 Å². The molecule has 5 rings (SSSR count). The number of nitrogens with zero attached hydrogens (tertiary/aromatic N) is 1. The van der Waals surface area contributed by atoms with Crippen LogP contribution in [0.5, 0.6) is 0 Å². The third-order valence-electron chi connectivity index (χ3n) is 6.48. The van der Waals surface area contributed by atoms with Gasteiger partial charge in [0.05, 0.1) is 11.5 Å². The van der Waals surface area contributed by atoms with Gasteiger partial charge in [0.1, 0.15) is 0 Å². The molecule has 2 saturated carbocycles. The van der Waals surface area contributed by atoms with Crippen molar-refractivity contribution in [3.8, 4) is 0 Å². The highest BCUT2D eigenvalue weighted by Gasteiger charge is 2.65. The summed E-state index contributed by atoms with van der Waals surface area (Å²) in [5, 5.41) is 10.8. The van der Waals surface area contributed by atoms with E-state index in [4.69, 9.17) is 4.74 Å². The normalized spacial score (nSPS) is 29.5.